The minimum atomic E-state index is -1.82. The number of carbonyl (C=O) groups excluding carboxylic acids is 1. The van der Waals surface area contributed by atoms with Gasteiger partial charge in [0.2, 0.25) is 12.7 Å². The van der Waals surface area contributed by atoms with Gasteiger partial charge < -0.3 is 34.1 Å². The molecule has 0 bridgehead atoms. The average Bonchev–Trinajstić information content (AvgIpc) is 3.40. The third-order valence-corrected chi connectivity index (χ3v) is 6.52. The Morgan fingerprint density at radius 1 is 0.921 bits per heavy atom. The van der Waals surface area contributed by atoms with E-state index < -0.39 is 11.9 Å². The maximum absolute atomic E-state index is 13.0. The van der Waals surface area contributed by atoms with Gasteiger partial charge in [-0.05, 0) is 67.7 Å². The molecule has 2 aromatic rings. The number of carboxylic acids is 2. The van der Waals surface area contributed by atoms with E-state index in [-0.39, 0.29) is 11.8 Å². The lowest BCUT2D eigenvalue weighted by molar-refractivity contribution is -0.159. The largest absolute Gasteiger partial charge is 0.493 e. The van der Waals surface area contributed by atoms with Crippen LogP contribution < -0.4 is 18.9 Å². The van der Waals surface area contributed by atoms with Crippen molar-refractivity contribution in [1.29, 1.82) is 0 Å². The zero-order valence-electron chi connectivity index (χ0n) is 21.8. The molecule has 2 N–H and O–H groups in total. The van der Waals surface area contributed by atoms with E-state index in [9.17, 15) is 4.79 Å². The Kier molecular flexibility index (Phi) is 10.2. The second-order valence-electron chi connectivity index (χ2n) is 9.05. The Morgan fingerprint density at radius 2 is 1.55 bits per heavy atom. The Balaban J connectivity index is 0.000000599. The number of fused-ring (bicyclic) bond motifs is 1. The first kappa shape index (κ1) is 28.6. The fraction of sp³-hybridized carbons (Fsp3) is 0.444. The van der Waals surface area contributed by atoms with E-state index >= 15 is 0 Å². The van der Waals surface area contributed by atoms with Crippen molar-refractivity contribution >= 4 is 17.8 Å². The summed E-state index contributed by atoms with van der Waals surface area (Å²) in [6.07, 6.45) is 2.57. The first-order valence-electron chi connectivity index (χ1n) is 12.2. The fourth-order valence-electron chi connectivity index (χ4n) is 4.39. The number of carbonyl (C=O) groups is 3. The minimum Gasteiger partial charge on any atom is -0.493 e. The molecule has 11 heteroatoms. The van der Waals surface area contributed by atoms with Crippen molar-refractivity contribution in [2.75, 3.05) is 47.7 Å². The van der Waals surface area contributed by atoms with Gasteiger partial charge in [0.1, 0.15) is 0 Å². The van der Waals surface area contributed by atoms with E-state index in [1.165, 1.54) is 5.56 Å². The number of amides is 1. The lowest BCUT2D eigenvalue weighted by atomic mass is 9.95. The predicted octanol–water partition coefficient (Wildman–Crippen LogP) is 2.50. The molecule has 0 radical (unpaired) electrons. The number of aliphatic carboxylic acids is 2. The van der Waals surface area contributed by atoms with Crippen LogP contribution in [0.25, 0.3) is 0 Å². The third kappa shape index (κ3) is 7.75. The smallest absolute Gasteiger partial charge is 0.414 e. The van der Waals surface area contributed by atoms with Crippen molar-refractivity contribution in [3.63, 3.8) is 0 Å². The molecule has 206 valence electrons. The summed E-state index contributed by atoms with van der Waals surface area (Å²) in [7, 11) is 5.17. The van der Waals surface area contributed by atoms with Gasteiger partial charge >= 0.3 is 11.9 Å². The molecule has 0 atom stereocenters. The van der Waals surface area contributed by atoms with Crippen molar-refractivity contribution in [2.45, 2.75) is 25.8 Å². The van der Waals surface area contributed by atoms with Crippen LogP contribution >= 0.6 is 0 Å². The number of likely N-dealkylation sites (tertiary alicyclic amines) is 1. The van der Waals surface area contributed by atoms with Crippen LogP contribution in [0.1, 0.15) is 24.0 Å². The second-order valence-corrected chi connectivity index (χ2v) is 9.05. The van der Waals surface area contributed by atoms with Crippen LogP contribution in [-0.4, -0.2) is 85.6 Å². The molecule has 1 fully saturated rings. The molecule has 11 nitrogen and oxygen atoms in total. The Bertz CT molecular complexity index is 1120. The molecule has 1 saturated heterocycles. The van der Waals surface area contributed by atoms with Gasteiger partial charge in [-0.2, -0.15) is 0 Å². The fourth-order valence-corrected chi connectivity index (χ4v) is 4.39. The van der Waals surface area contributed by atoms with Crippen molar-refractivity contribution in [3.05, 3.63) is 47.5 Å². The summed E-state index contributed by atoms with van der Waals surface area (Å²) in [6.45, 7) is 3.70. The van der Waals surface area contributed by atoms with Gasteiger partial charge in [-0.1, -0.05) is 12.1 Å². The Labute approximate surface area is 221 Å². The average molecular weight is 531 g/mol. The number of hydrogen-bond donors (Lipinski definition) is 2. The standard InChI is InChI=1S/C25H32N2O5.C2H2O4/c1-26(11-8-18-4-6-21(29-2)23(14-18)30-3)25(28)20-9-12-27(13-10-20)16-19-5-7-22-24(15-19)32-17-31-22;3-1(4)2(5)6/h4-7,14-15,20H,8-13,16-17H2,1-3H3;(H,3,4)(H,5,6). The molecule has 0 aromatic heterocycles. The lowest BCUT2D eigenvalue weighted by Gasteiger charge is -2.33. The maximum atomic E-state index is 13.0. The van der Waals surface area contributed by atoms with E-state index in [0.717, 1.165) is 56.0 Å². The Morgan fingerprint density at radius 3 is 2.18 bits per heavy atom. The Hall–Kier alpha value is -3.99. The van der Waals surface area contributed by atoms with Crippen LogP contribution in [0.3, 0.4) is 0 Å². The predicted molar refractivity (Wildman–Crippen MR) is 137 cm³/mol. The summed E-state index contributed by atoms with van der Waals surface area (Å²) >= 11 is 0. The number of piperidine rings is 1. The molecule has 1 amide bonds. The number of methoxy groups -OCH3 is 2. The normalized spacial score (nSPS) is 14.7. The molecule has 0 spiro atoms. The van der Waals surface area contributed by atoms with Crippen LogP contribution in [0.15, 0.2) is 36.4 Å². The van der Waals surface area contributed by atoms with Gasteiger partial charge in [-0.15, -0.1) is 0 Å². The molecule has 0 saturated carbocycles. The molecule has 0 unspecified atom stereocenters. The second kappa shape index (κ2) is 13.5. The molecular weight excluding hydrogens is 496 g/mol. The summed E-state index contributed by atoms with van der Waals surface area (Å²) in [5.41, 5.74) is 2.34. The highest BCUT2D eigenvalue weighted by atomic mass is 16.7. The number of nitrogens with zero attached hydrogens (tertiary/aromatic N) is 2. The van der Waals surface area contributed by atoms with Crippen molar-refractivity contribution in [3.8, 4) is 23.0 Å². The van der Waals surface area contributed by atoms with Crippen molar-refractivity contribution < 1.29 is 43.5 Å². The number of hydrogen-bond acceptors (Lipinski definition) is 8. The highest BCUT2D eigenvalue weighted by Crippen LogP contribution is 2.33. The molecule has 0 aliphatic carbocycles. The lowest BCUT2D eigenvalue weighted by Crippen LogP contribution is -2.41. The van der Waals surface area contributed by atoms with Crippen molar-refractivity contribution in [1.82, 2.24) is 9.80 Å². The van der Waals surface area contributed by atoms with Crippen LogP contribution in [0, 0.1) is 5.92 Å². The molecule has 2 aliphatic rings. The van der Waals surface area contributed by atoms with Gasteiger partial charge in [0.15, 0.2) is 23.0 Å². The van der Waals surface area contributed by atoms with Gasteiger partial charge in [-0.25, -0.2) is 9.59 Å². The summed E-state index contributed by atoms with van der Waals surface area (Å²) in [6, 6.07) is 12.0. The molecule has 2 aliphatic heterocycles. The maximum Gasteiger partial charge on any atom is 0.414 e. The van der Waals surface area contributed by atoms with Gasteiger partial charge in [0.05, 0.1) is 14.2 Å². The van der Waals surface area contributed by atoms with E-state index in [2.05, 4.69) is 17.0 Å². The molecule has 4 rings (SSSR count). The van der Waals surface area contributed by atoms with E-state index in [0.29, 0.717) is 24.8 Å². The van der Waals surface area contributed by atoms with E-state index in [1.54, 1.807) is 14.2 Å². The zero-order valence-corrected chi connectivity index (χ0v) is 21.8. The molecule has 2 heterocycles. The van der Waals surface area contributed by atoms with E-state index in [4.69, 9.17) is 38.7 Å². The highest BCUT2D eigenvalue weighted by Gasteiger charge is 2.27. The monoisotopic (exact) mass is 530 g/mol. The molecular formula is C27H34N2O9. The number of benzene rings is 2. The van der Waals surface area contributed by atoms with Crippen LogP contribution in [0.4, 0.5) is 0 Å². The number of rotatable bonds is 8. The topological polar surface area (TPSA) is 135 Å². The quantitative estimate of drug-likeness (QED) is 0.490. The zero-order chi connectivity index (χ0) is 27.7. The van der Waals surface area contributed by atoms with Crippen LogP contribution in [-0.2, 0) is 27.3 Å². The SMILES string of the molecule is COc1ccc(CCN(C)C(=O)C2CCN(Cc3ccc4c(c3)OCO4)CC2)cc1OC.O=C(O)C(=O)O. The summed E-state index contributed by atoms with van der Waals surface area (Å²) in [5, 5.41) is 14.8. The van der Waals surface area contributed by atoms with Gasteiger partial charge in [-0.3, -0.25) is 9.69 Å². The number of ether oxygens (including phenoxy) is 4. The van der Waals surface area contributed by atoms with Crippen molar-refractivity contribution in [2.24, 2.45) is 5.92 Å². The van der Waals surface area contributed by atoms with Crippen LogP contribution in [0.5, 0.6) is 23.0 Å². The van der Waals surface area contributed by atoms with Gasteiger partial charge in [0.25, 0.3) is 0 Å². The first-order valence-corrected chi connectivity index (χ1v) is 12.2. The molecule has 38 heavy (non-hydrogen) atoms. The molecule has 2 aromatic carbocycles. The summed E-state index contributed by atoms with van der Waals surface area (Å²) < 4.78 is 21.5. The first-order chi connectivity index (χ1) is 18.2. The van der Waals surface area contributed by atoms with E-state index in [1.807, 2.05) is 36.2 Å². The highest BCUT2D eigenvalue weighted by molar-refractivity contribution is 6.27. The van der Waals surface area contributed by atoms with Crippen LogP contribution in [0.2, 0.25) is 0 Å². The number of carboxylic acid groups (broad SMARTS) is 2. The summed E-state index contributed by atoms with van der Waals surface area (Å²) in [5.74, 6) is -0.239. The van der Waals surface area contributed by atoms with Gasteiger partial charge in [0, 0.05) is 26.1 Å². The third-order valence-electron chi connectivity index (χ3n) is 6.52. The number of likely N-dealkylation sites (N-methyl/N-ethyl adjacent to an activating group) is 1. The summed E-state index contributed by atoms with van der Waals surface area (Å²) in [4.78, 5) is 35.4. The minimum absolute atomic E-state index is 0.0957.